The Kier molecular flexibility index (Phi) is 18.1. The summed E-state index contributed by atoms with van der Waals surface area (Å²) < 4.78 is 0. The summed E-state index contributed by atoms with van der Waals surface area (Å²) in [6.07, 6.45) is 0.493. The minimum Gasteiger partial charge on any atom is -0.349 e. The van der Waals surface area contributed by atoms with Gasteiger partial charge in [0.1, 0.15) is 0 Å². The molecule has 5 rings (SSSR count). The molecule has 41 heavy (non-hydrogen) atoms. The number of aryl methyl sites for hydroxylation is 5. The van der Waals surface area contributed by atoms with Gasteiger partial charge in [0, 0.05) is 14.1 Å². The average molecular weight is 546 g/mol. The smallest absolute Gasteiger partial charge is 0.226 e. The highest BCUT2D eigenvalue weighted by atomic mass is 16.2. The van der Waals surface area contributed by atoms with E-state index in [0.717, 1.165) is 5.56 Å². The summed E-state index contributed by atoms with van der Waals surface area (Å²) >= 11 is 0. The molecule has 2 nitrogen and oxygen atoms in total. The molecule has 0 aliphatic carbocycles. The topological polar surface area (TPSA) is 20.3 Å². The zero-order valence-electron chi connectivity index (χ0n) is 25.9. The van der Waals surface area contributed by atoms with Crippen molar-refractivity contribution in [3.05, 3.63) is 179 Å². The Balaban J connectivity index is 0.000000264. The maximum absolute atomic E-state index is 11.3. The average Bonchev–Trinajstić information content (AvgIpc) is 2.97. The standard InChI is InChI=1S/C11H15NO.4C7H8/c1-9-4-6-10(7-5-9)8-11(13)12(2)3;4*1-7-5-3-2-4-6-7/h4-7H,8H2,1-3H3;4*2-6H,1H3. The third-order valence-electron chi connectivity index (χ3n) is 5.74. The third-order valence-corrected chi connectivity index (χ3v) is 5.74. The lowest BCUT2D eigenvalue weighted by Crippen LogP contribution is -2.23. The molecule has 0 spiro atoms. The number of benzene rings is 5. The summed E-state index contributed by atoms with van der Waals surface area (Å²) in [6, 6.07) is 49.1. The second kappa shape index (κ2) is 21.4. The summed E-state index contributed by atoms with van der Waals surface area (Å²) in [7, 11) is 3.55. The van der Waals surface area contributed by atoms with Crippen LogP contribution >= 0.6 is 0 Å². The van der Waals surface area contributed by atoms with E-state index in [-0.39, 0.29) is 5.91 Å². The first-order valence-corrected chi connectivity index (χ1v) is 14.0. The fourth-order valence-electron chi connectivity index (χ4n) is 3.18. The maximum Gasteiger partial charge on any atom is 0.226 e. The van der Waals surface area contributed by atoms with Crippen LogP contribution in [-0.2, 0) is 11.2 Å². The van der Waals surface area contributed by atoms with Crippen molar-refractivity contribution in [2.75, 3.05) is 14.1 Å². The molecule has 0 aliphatic rings. The first kappa shape index (κ1) is 34.6. The van der Waals surface area contributed by atoms with Gasteiger partial charge in [-0.2, -0.15) is 0 Å². The van der Waals surface area contributed by atoms with Gasteiger partial charge in [-0.25, -0.2) is 0 Å². The van der Waals surface area contributed by atoms with E-state index < -0.39 is 0 Å². The molecular weight excluding hydrogens is 498 g/mol. The van der Waals surface area contributed by atoms with Crippen molar-refractivity contribution in [2.45, 2.75) is 41.0 Å². The number of rotatable bonds is 2. The van der Waals surface area contributed by atoms with Gasteiger partial charge in [-0.15, -0.1) is 0 Å². The molecule has 5 aromatic carbocycles. The van der Waals surface area contributed by atoms with E-state index in [0.29, 0.717) is 6.42 Å². The van der Waals surface area contributed by atoms with E-state index in [4.69, 9.17) is 0 Å². The minimum absolute atomic E-state index is 0.142. The third kappa shape index (κ3) is 19.3. The molecule has 0 heterocycles. The molecule has 0 aliphatic heterocycles. The Morgan fingerprint density at radius 2 is 0.659 bits per heavy atom. The fraction of sp³-hybridized carbons (Fsp3) is 0.205. The molecule has 0 bridgehead atoms. The predicted octanol–water partition coefficient (Wildman–Crippen LogP) is 9.61. The Bertz CT molecular complexity index is 1150. The van der Waals surface area contributed by atoms with E-state index in [9.17, 15) is 4.79 Å². The number of amides is 1. The molecule has 1 amide bonds. The predicted molar refractivity (Wildman–Crippen MR) is 178 cm³/mol. The van der Waals surface area contributed by atoms with Crippen LogP contribution in [0, 0.1) is 34.6 Å². The van der Waals surface area contributed by atoms with Gasteiger partial charge in [-0.1, -0.05) is 173 Å². The maximum atomic E-state index is 11.3. The van der Waals surface area contributed by atoms with Gasteiger partial charge in [-0.3, -0.25) is 4.79 Å². The van der Waals surface area contributed by atoms with Crippen molar-refractivity contribution < 1.29 is 4.79 Å². The van der Waals surface area contributed by atoms with Crippen LogP contribution in [0.2, 0.25) is 0 Å². The molecule has 0 radical (unpaired) electrons. The van der Waals surface area contributed by atoms with Crippen LogP contribution in [-0.4, -0.2) is 24.9 Å². The van der Waals surface area contributed by atoms with Crippen LogP contribution in [0.15, 0.2) is 146 Å². The SMILES string of the molecule is Cc1ccc(CC(=O)N(C)C)cc1.Cc1ccccc1.Cc1ccccc1.Cc1ccccc1.Cc1ccccc1. The Morgan fingerprint density at radius 3 is 0.854 bits per heavy atom. The molecule has 0 saturated heterocycles. The number of carbonyl (C=O) groups is 1. The molecule has 0 saturated carbocycles. The zero-order chi connectivity index (χ0) is 30.3. The number of carbonyl (C=O) groups excluding carboxylic acids is 1. The Morgan fingerprint density at radius 1 is 0.415 bits per heavy atom. The highest BCUT2D eigenvalue weighted by molar-refractivity contribution is 5.78. The monoisotopic (exact) mass is 545 g/mol. The molecule has 0 fully saturated rings. The Labute approximate surface area is 249 Å². The van der Waals surface area contributed by atoms with Gasteiger partial charge in [-0.05, 0) is 40.2 Å². The number of nitrogens with zero attached hydrogens (tertiary/aromatic N) is 1. The molecular formula is C39H47NO. The van der Waals surface area contributed by atoms with E-state index in [1.54, 1.807) is 19.0 Å². The molecule has 5 aromatic rings. The van der Waals surface area contributed by atoms with Crippen molar-refractivity contribution in [3.63, 3.8) is 0 Å². The molecule has 0 atom stereocenters. The van der Waals surface area contributed by atoms with Crippen LogP contribution in [0.3, 0.4) is 0 Å². The van der Waals surface area contributed by atoms with Gasteiger partial charge in [0.05, 0.1) is 6.42 Å². The van der Waals surface area contributed by atoms with E-state index in [1.165, 1.54) is 27.8 Å². The largest absolute Gasteiger partial charge is 0.349 e. The Hall–Kier alpha value is -4.43. The summed E-state index contributed by atoms with van der Waals surface area (Å²) in [5.41, 5.74) is 7.58. The minimum atomic E-state index is 0.142. The number of likely N-dealkylation sites (N-methyl/N-ethyl adjacent to an activating group) is 1. The van der Waals surface area contributed by atoms with Gasteiger partial charge in [0.25, 0.3) is 0 Å². The number of hydrogen-bond donors (Lipinski definition) is 0. The van der Waals surface area contributed by atoms with Gasteiger partial charge < -0.3 is 4.90 Å². The first-order valence-electron chi connectivity index (χ1n) is 14.0. The highest BCUT2D eigenvalue weighted by Crippen LogP contribution is 2.04. The molecule has 2 heteroatoms. The van der Waals surface area contributed by atoms with Gasteiger partial charge in [0.2, 0.25) is 5.91 Å². The zero-order valence-corrected chi connectivity index (χ0v) is 25.9. The highest BCUT2D eigenvalue weighted by Gasteiger charge is 2.04. The second-order valence-electron chi connectivity index (χ2n) is 10.1. The summed E-state index contributed by atoms with van der Waals surface area (Å²) in [6.45, 7) is 10.4. The van der Waals surface area contributed by atoms with Crippen LogP contribution in [0.1, 0.15) is 33.4 Å². The lowest BCUT2D eigenvalue weighted by atomic mass is 10.1. The normalized spacial score (nSPS) is 9.05. The van der Waals surface area contributed by atoms with Crippen molar-refractivity contribution in [1.82, 2.24) is 4.90 Å². The van der Waals surface area contributed by atoms with E-state index in [1.807, 2.05) is 104 Å². The lowest BCUT2D eigenvalue weighted by molar-refractivity contribution is -0.127. The fourth-order valence-corrected chi connectivity index (χ4v) is 3.18. The quantitative estimate of drug-likeness (QED) is 0.216. The second-order valence-corrected chi connectivity index (χ2v) is 10.1. The van der Waals surface area contributed by atoms with Crippen LogP contribution in [0.25, 0.3) is 0 Å². The van der Waals surface area contributed by atoms with Crippen molar-refractivity contribution in [1.29, 1.82) is 0 Å². The summed E-state index contributed by atoms with van der Waals surface area (Å²) in [5.74, 6) is 0.142. The molecule has 214 valence electrons. The first-order chi connectivity index (χ1) is 19.7. The van der Waals surface area contributed by atoms with Crippen LogP contribution in [0.4, 0.5) is 0 Å². The van der Waals surface area contributed by atoms with Crippen molar-refractivity contribution in [3.8, 4) is 0 Å². The van der Waals surface area contributed by atoms with E-state index >= 15 is 0 Å². The van der Waals surface area contributed by atoms with Gasteiger partial charge in [0.15, 0.2) is 0 Å². The molecule has 0 N–H and O–H groups in total. The van der Waals surface area contributed by atoms with Gasteiger partial charge >= 0.3 is 0 Å². The molecule has 0 unspecified atom stereocenters. The molecule has 0 aromatic heterocycles. The summed E-state index contributed by atoms with van der Waals surface area (Å²) in [4.78, 5) is 12.9. The van der Waals surface area contributed by atoms with Crippen LogP contribution in [0.5, 0.6) is 0 Å². The lowest BCUT2D eigenvalue weighted by Gasteiger charge is -2.09. The van der Waals surface area contributed by atoms with Crippen LogP contribution < -0.4 is 0 Å². The van der Waals surface area contributed by atoms with E-state index in [2.05, 4.69) is 76.2 Å². The van der Waals surface area contributed by atoms with Crippen molar-refractivity contribution in [2.24, 2.45) is 0 Å². The number of hydrogen-bond acceptors (Lipinski definition) is 1. The summed E-state index contributed by atoms with van der Waals surface area (Å²) in [5, 5.41) is 0. The van der Waals surface area contributed by atoms with Crippen molar-refractivity contribution >= 4 is 5.91 Å².